The van der Waals surface area contributed by atoms with Gasteiger partial charge >= 0.3 is 0 Å². The highest BCUT2D eigenvalue weighted by Crippen LogP contribution is 2.20. The molecule has 5 heteroatoms. The number of nitrogens with zero attached hydrogens (tertiary/aromatic N) is 2. The van der Waals surface area contributed by atoms with Crippen molar-refractivity contribution in [1.29, 1.82) is 0 Å². The van der Waals surface area contributed by atoms with Crippen LogP contribution in [-0.4, -0.2) is 15.3 Å². The van der Waals surface area contributed by atoms with Crippen molar-refractivity contribution in [2.75, 3.05) is 0 Å². The fraction of sp³-hybridized carbons (Fsp3) is 0.389. The van der Waals surface area contributed by atoms with E-state index < -0.39 is 4.92 Å². The molecule has 122 valence electrons. The minimum absolute atomic E-state index is 0.0590. The molecule has 2 rings (SSSR count). The van der Waals surface area contributed by atoms with Crippen molar-refractivity contribution in [1.82, 2.24) is 4.57 Å². The highest BCUT2D eigenvalue weighted by atomic mass is 16.6. The van der Waals surface area contributed by atoms with Crippen LogP contribution in [0, 0.1) is 10.1 Å². The molecule has 5 nitrogen and oxygen atoms in total. The molecule has 0 aliphatic rings. The Morgan fingerprint density at radius 1 is 1.17 bits per heavy atom. The summed E-state index contributed by atoms with van der Waals surface area (Å²) >= 11 is 0. The first-order chi connectivity index (χ1) is 11.1. The van der Waals surface area contributed by atoms with Crippen LogP contribution in [0.25, 0.3) is 0 Å². The molecule has 1 heterocycles. The van der Waals surface area contributed by atoms with Gasteiger partial charge in [0.2, 0.25) is 5.78 Å². The molecule has 0 atom stereocenters. The third-order valence-electron chi connectivity index (χ3n) is 3.86. The summed E-state index contributed by atoms with van der Waals surface area (Å²) in [6.07, 6.45) is 3.99. The first kappa shape index (κ1) is 16.9. The normalized spacial score (nSPS) is 10.7. The van der Waals surface area contributed by atoms with Crippen LogP contribution >= 0.6 is 0 Å². The zero-order valence-electron chi connectivity index (χ0n) is 13.6. The number of nitro groups is 1. The second-order valence-electron chi connectivity index (χ2n) is 5.60. The highest BCUT2D eigenvalue weighted by Gasteiger charge is 2.18. The molecule has 0 bridgehead atoms. The van der Waals surface area contributed by atoms with E-state index in [1.807, 2.05) is 12.1 Å². The maximum Gasteiger partial charge on any atom is 0.270 e. The monoisotopic (exact) mass is 314 g/mol. The second-order valence-corrected chi connectivity index (χ2v) is 5.60. The van der Waals surface area contributed by atoms with Crippen molar-refractivity contribution in [2.24, 2.45) is 0 Å². The lowest BCUT2D eigenvalue weighted by molar-refractivity contribution is -0.384. The fourth-order valence-electron chi connectivity index (χ4n) is 2.67. The smallest absolute Gasteiger partial charge is 0.270 e. The van der Waals surface area contributed by atoms with E-state index in [9.17, 15) is 14.9 Å². The minimum Gasteiger partial charge on any atom is -0.342 e. The fourth-order valence-corrected chi connectivity index (χ4v) is 2.67. The number of carbonyl (C=O) groups is 1. The third-order valence-corrected chi connectivity index (χ3v) is 3.86. The van der Waals surface area contributed by atoms with Crippen LogP contribution in [0.3, 0.4) is 0 Å². The van der Waals surface area contributed by atoms with Crippen LogP contribution < -0.4 is 0 Å². The van der Waals surface area contributed by atoms with Crippen LogP contribution in [-0.2, 0) is 13.0 Å². The number of hydrogen-bond donors (Lipinski definition) is 0. The zero-order chi connectivity index (χ0) is 16.8. The first-order valence-corrected chi connectivity index (χ1v) is 8.06. The summed E-state index contributed by atoms with van der Waals surface area (Å²) in [6, 6.07) is 9.75. The maximum atomic E-state index is 12.8. The summed E-state index contributed by atoms with van der Waals surface area (Å²) in [5.41, 5.74) is 2.06. The molecule has 0 saturated carbocycles. The summed E-state index contributed by atoms with van der Waals surface area (Å²) in [6.45, 7) is 5.03. The summed E-state index contributed by atoms with van der Waals surface area (Å²) in [7, 11) is 0. The van der Waals surface area contributed by atoms with Crippen LogP contribution in [0.5, 0.6) is 0 Å². The summed E-state index contributed by atoms with van der Waals surface area (Å²) in [4.78, 5) is 23.2. The van der Waals surface area contributed by atoms with Gasteiger partial charge in [0.15, 0.2) is 0 Å². The Balaban J connectivity index is 2.38. The van der Waals surface area contributed by atoms with Crippen molar-refractivity contribution in [2.45, 2.75) is 46.1 Å². The van der Waals surface area contributed by atoms with E-state index in [4.69, 9.17) is 0 Å². The maximum absolute atomic E-state index is 12.8. The van der Waals surface area contributed by atoms with Gasteiger partial charge in [-0.1, -0.05) is 38.8 Å². The lowest BCUT2D eigenvalue weighted by atomic mass is 10.1. The Morgan fingerprint density at radius 2 is 1.96 bits per heavy atom. The second kappa shape index (κ2) is 7.72. The number of benzene rings is 1. The highest BCUT2D eigenvalue weighted by molar-refractivity contribution is 6.08. The lowest BCUT2D eigenvalue weighted by Crippen LogP contribution is -2.13. The number of non-ortho nitro benzene ring substituents is 1. The molecule has 1 aromatic carbocycles. The molecular formula is C18H22N2O3. The van der Waals surface area contributed by atoms with Gasteiger partial charge in [-0.3, -0.25) is 14.9 Å². The quantitative estimate of drug-likeness (QED) is 0.412. The van der Waals surface area contributed by atoms with Gasteiger partial charge in [0.25, 0.3) is 5.69 Å². The van der Waals surface area contributed by atoms with Gasteiger partial charge in [-0.15, -0.1) is 0 Å². The van der Waals surface area contributed by atoms with Crippen molar-refractivity contribution in [3.63, 3.8) is 0 Å². The molecule has 0 unspecified atom stereocenters. The molecule has 0 fully saturated rings. The molecular weight excluding hydrogens is 292 g/mol. The molecule has 0 spiro atoms. The van der Waals surface area contributed by atoms with Crippen molar-refractivity contribution < 1.29 is 9.72 Å². The summed E-state index contributed by atoms with van der Waals surface area (Å²) in [5, 5.41) is 10.9. The van der Waals surface area contributed by atoms with Crippen LogP contribution in [0.2, 0.25) is 0 Å². The van der Waals surface area contributed by atoms with E-state index in [1.165, 1.54) is 12.1 Å². The molecule has 0 aliphatic heterocycles. The molecule has 0 N–H and O–H groups in total. The lowest BCUT2D eigenvalue weighted by Gasteiger charge is -2.12. The number of ketones is 1. The zero-order valence-corrected chi connectivity index (χ0v) is 13.6. The first-order valence-electron chi connectivity index (χ1n) is 8.06. The summed E-state index contributed by atoms with van der Waals surface area (Å²) in [5.74, 6) is -0.160. The number of hydrogen-bond acceptors (Lipinski definition) is 3. The van der Waals surface area contributed by atoms with Crippen LogP contribution in [0.1, 0.15) is 54.9 Å². The van der Waals surface area contributed by atoms with Gasteiger partial charge < -0.3 is 4.57 Å². The Labute approximate surface area is 136 Å². The largest absolute Gasteiger partial charge is 0.342 e. The average Bonchev–Trinajstić information content (AvgIpc) is 2.95. The molecule has 1 aromatic heterocycles. The van der Waals surface area contributed by atoms with Gasteiger partial charge in [0, 0.05) is 29.9 Å². The van der Waals surface area contributed by atoms with E-state index in [0.29, 0.717) is 11.3 Å². The molecule has 0 radical (unpaired) electrons. The minimum atomic E-state index is -0.477. The summed E-state index contributed by atoms with van der Waals surface area (Å²) < 4.78 is 2.06. The Hall–Kier alpha value is -2.43. The van der Waals surface area contributed by atoms with E-state index in [2.05, 4.69) is 18.4 Å². The standard InChI is InChI=1S/C18H22N2O3/c1-3-5-12-19-15(7-4-2)10-11-17(19)18(21)14-8-6-9-16(13-14)20(22)23/h6,8-11,13H,3-5,7,12H2,1-2H3. The molecule has 0 aliphatic carbocycles. The predicted molar refractivity (Wildman–Crippen MR) is 89.9 cm³/mol. The third kappa shape index (κ3) is 3.86. The van der Waals surface area contributed by atoms with E-state index in [1.54, 1.807) is 12.1 Å². The Bertz CT molecular complexity index is 704. The Morgan fingerprint density at radius 3 is 2.61 bits per heavy atom. The Kier molecular flexibility index (Phi) is 5.68. The SMILES string of the molecule is CCCCn1c(CCC)ccc1C(=O)c1cccc([N+](=O)[O-])c1. The predicted octanol–water partition coefficient (Wildman–Crippen LogP) is 4.38. The van der Waals surface area contributed by atoms with E-state index in [-0.39, 0.29) is 11.5 Å². The molecule has 2 aromatic rings. The number of unbranched alkanes of at least 4 members (excludes halogenated alkanes) is 1. The topological polar surface area (TPSA) is 65.1 Å². The number of aromatic nitrogens is 1. The number of aryl methyl sites for hydroxylation is 1. The van der Waals surface area contributed by atoms with Gasteiger partial charge in [0.05, 0.1) is 10.6 Å². The van der Waals surface area contributed by atoms with E-state index in [0.717, 1.165) is 37.9 Å². The van der Waals surface area contributed by atoms with Crippen molar-refractivity contribution in [3.8, 4) is 0 Å². The van der Waals surface area contributed by atoms with Gasteiger partial charge in [0.1, 0.15) is 0 Å². The average molecular weight is 314 g/mol. The van der Waals surface area contributed by atoms with E-state index >= 15 is 0 Å². The number of rotatable bonds is 8. The van der Waals surface area contributed by atoms with Gasteiger partial charge in [-0.2, -0.15) is 0 Å². The molecule has 0 amide bonds. The number of carbonyl (C=O) groups excluding carboxylic acids is 1. The molecule has 23 heavy (non-hydrogen) atoms. The van der Waals surface area contributed by atoms with Crippen molar-refractivity contribution in [3.05, 3.63) is 63.5 Å². The molecule has 0 saturated heterocycles. The number of nitro benzene ring substituents is 1. The van der Waals surface area contributed by atoms with Crippen LogP contribution in [0.15, 0.2) is 36.4 Å². The van der Waals surface area contributed by atoms with Gasteiger partial charge in [-0.25, -0.2) is 0 Å². The van der Waals surface area contributed by atoms with Crippen molar-refractivity contribution >= 4 is 11.5 Å². The van der Waals surface area contributed by atoms with Crippen LogP contribution in [0.4, 0.5) is 5.69 Å². The van der Waals surface area contributed by atoms with Gasteiger partial charge in [-0.05, 0) is 25.0 Å².